The molecule has 270 valence electrons. The Morgan fingerprint density at radius 1 is 0.854 bits per heavy atom. The number of hydrogen-bond acceptors (Lipinski definition) is 7. The average molecular weight is 669 g/mol. The van der Waals surface area contributed by atoms with Crippen molar-refractivity contribution in [3.63, 3.8) is 0 Å². The third-order valence-electron chi connectivity index (χ3n) is 11.2. The molecule has 1 amide bonds. The van der Waals surface area contributed by atoms with Gasteiger partial charge in [-0.05, 0) is 115 Å². The second-order valence-electron chi connectivity index (χ2n) is 15.3. The molecule has 0 aromatic rings. The summed E-state index contributed by atoms with van der Waals surface area (Å²) in [7, 11) is 0. The van der Waals surface area contributed by atoms with E-state index >= 15 is 0 Å². The van der Waals surface area contributed by atoms with Gasteiger partial charge in [-0.1, -0.05) is 50.1 Å². The van der Waals surface area contributed by atoms with Gasteiger partial charge in [0.05, 0.1) is 37.4 Å². The number of fused-ring (bicyclic) bond motifs is 4. The van der Waals surface area contributed by atoms with Gasteiger partial charge in [-0.3, -0.25) is 4.79 Å². The fourth-order valence-electron chi connectivity index (χ4n) is 8.37. The molecule has 0 aliphatic carbocycles. The Bertz CT molecular complexity index is 1090. The highest BCUT2D eigenvalue weighted by atomic mass is 16.6. The molecule has 5 aliphatic heterocycles. The molecule has 0 radical (unpaired) electrons. The van der Waals surface area contributed by atoms with Gasteiger partial charge < -0.3 is 28.7 Å². The third-order valence-corrected chi connectivity index (χ3v) is 11.2. The van der Waals surface area contributed by atoms with Crippen LogP contribution in [0.4, 0.5) is 4.79 Å². The maximum Gasteiger partial charge on any atom is 0.409 e. The van der Waals surface area contributed by atoms with E-state index in [1.54, 1.807) is 0 Å². The van der Waals surface area contributed by atoms with E-state index in [-0.39, 0.29) is 54.9 Å². The second-order valence-corrected chi connectivity index (χ2v) is 15.3. The summed E-state index contributed by atoms with van der Waals surface area (Å²) in [5, 5.41) is 0. The molecular formula is C40H64N2O6. The lowest BCUT2D eigenvalue weighted by molar-refractivity contribution is -0.154. The van der Waals surface area contributed by atoms with E-state index in [2.05, 4.69) is 56.1 Å². The molecule has 0 aromatic heterocycles. The first-order valence-electron chi connectivity index (χ1n) is 19.5. The molecule has 7 unspecified atom stereocenters. The lowest BCUT2D eigenvalue weighted by Gasteiger charge is -2.39. The standard InChI is InChI=1S/C40H64N2O6/c1-4-32-26-36-28-35-14-12-13-34(46-35)25-30(2)16-17-31(3)38(48-39(43)29-37(27-32)47-36)15-8-5-6-11-24-45-40(44)42-22-18-33(19-23-42)41-20-9-7-10-21-41/h4,8,15-17,30-31,33-38H,5-7,9-14,18-29H2,1-3H3. The van der Waals surface area contributed by atoms with Crippen LogP contribution in [0.1, 0.15) is 124 Å². The van der Waals surface area contributed by atoms with E-state index in [1.165, 1.54) is 44.3 Å². The molecule has 0 aromatic carbocycles. The van der Waals surface area contributed by atoms with Crippen molar-refractivity contribution in [2.45, 2.75) is 160 Å². The number of likely N-dealkylation sites (tertiary alicyclic amines) is 2. The maximum atomic E-state index is 13.3. The Hall–Kier alpha value is -2.16. The first-order valence-corrected chi connectivity index (χ1v) is 19.5. The maximum absolute atomic E-state index is 13.3. The topological polar surface area (TPSA) is 77.5 Å². The zero-order chi connectivity index (χ0) is 33.7. The Morgan fingerprint density at radius 2 is 1.58 bits per heavy atom. The molecular weight excluding hydrogens is 604 g/mol. The lowest BCUT2D eigenvalue weighted by Crippen LogP contribution is -2.48. The number of allylic oxidation sites excluding steroid dienone is 3. The molecule has 5 heterocycles. The summed E-state index contributed by atoms with van der Waals surface area (Å²) in [5.74, 6) is 0.233. The predicted octanol–water partition coefficient (Wildman–Crippen LogP) is 8.16. The zero-order valence-corrected chi connectivity index (χ0v) is 30.2. The molecule has 5 aliphatic rings. The van der Waals surface area contributed by atoms with E-state index < -0.39 is 0 Å². The third kappa shape index (κ3) is 11.7. The Morgan fingerprint density at radius 3 is 2.35 bits per heavy atom. The van der Waals surface area contributed by atoms with Crippen LogP contribution in [0.15, 0.2) is 36.0 Å². The highest BCUT2D eigenvalue weighted by molar-refractivity contribution is 5.70. The van der Waals surface area contributed by atoms with Crippen LogP contribution in [-0.2, 0) is 23.7 Å². The summed E-state index contributed by atoms with van der Waals surface area (Å²) >= 11 is 0. The molecule has 4 fully saturated rings. The van der Waals surface area contributed by atoms with Gasteiger partial charge in [-0.25, -0.2) is 4.79 Å². The second kappa shape index (κ2) is 19.3. The van der Waals surface area contributed by atoms with Crippen molar-refractivity contribution in [1.29, 1.82) is 0 Å². The number of nitrogens with zero attached hydrogens (tertiary/aromatic N) is 2. The minimum atomic E-state index is -0.338. The fourth-order valence-corrected chi connectivity index (χ4v) is 8.37. The summed E-state index contributed by atoms with van der Waals surface area (Å²) in [6.07, 6.45) is 26.7. The van der Waals surface area contributed by atoms with Crippen molar-refractivity contribution in [3.8, 4) is 0 Å². The van der Waals surface area contributed by atoms with Gasteiger partial charge in [0, 0.05) is 31.5 Å². The summed E-state index contributed by atoms with van der Waals surface area (Å²) in [6.45, 7) is 10.9. The molecule has 0 spiro atoms. The van der Waals surface area contributed by atoms with E-state index in [9.17, 15) is 9.59 Å². The number of amides is 1. The molecule has 48 heavy (non-hydrogen) atoms. The van der Waals surface area contributed by atoms with Crippen LogP contribution in [-0.4, -0.2) is 91.2 Å². The van der Waals surface area contributed by atoms with E-state index in [0.717, 1.165) is 83.7 Å². The van der Waals surface area contributed by atoms with Gasteiger partial charge in [0.1, 0.15) is 6.10 Å². The van der Waals surface area contributed by atoms with E-state index in [1.807, 2.05) is 4.90 Å². The number of hydrogen-bond donors (Lipinski definition) is 0. The summed E-state index contributed by atoms with van der Waals surface area (Å²) in [4.78, 5) is 30.4. The van der Waals surface area contributed by atoms with Crippen LogP contribution in [0.3, 0.4) is 0 Å². The van der Waals surface area contributed by atoms with Gasteiger partial charge in [0.15, 0.2) is 0 Å². The predicted molar refractivity (Wildman–Crippen MR) is 190 cm³/mol. The van der Waals surface area contributed by atoms with Gasteiger partial charge in [-0.15, -0.1) is 0 Å². The van der Waals surface area contributed by atoms with Crippen molar-refractivity contribution < 1.29 is 28.5 Å². The molecule has 0 saturated carbocycles. The number of esters is 1. The number of ether oxygens (including phenoxy) is 4. The Balaban J connectivity index is 1.08. The minimum absolute atomic E-state index is 0.0479. The van der Waals surface area contributed by atoms with Crippen LogP contribution in [0, 0.1) is 11.8 Å². The number of cyclic esters (lactones) is 1. The fraction of sp³-hybridized carbons (Fsp3) is 0.800. The summed E-state index contributed by atoms with van der Waals surface area (Å²) in [5.41, 5.74) is 1.36. The highest BCUT2D eigenvalue weighted by Crippen LogP contribution is 2.33. The van der Waals surface area contributed by atoms with Crippen molar-refractivity contribution in [1.82, 2.24) is 9.80 Å². The average Bonchev–Trinajstić information content (AvgIpc) is 3.09. The largest absolute Gasteiger partial charge is 0.457 e. The molecule has 4 bridgehead atoms. The van der Waals surface area contributed by atoms with Crippen LogP contribution < -0.4 is 0 Å². The zero-order valence-electron chi connectivity index (χ0n) is 30.2. The normalized spacial score (nSPS) is 34.3. The Labute approximate surface area is 290 Å². The van der Waals surface area contributed by atoms with E-state index in [4.69, 9.17) is 18.9 Å². The molecule has 8 nitrogen and oxygen atoms in total. The van der Waals surface area contributed by atoms with Crippen LogP contribution in [0.25, 0.3) is 0 Å². The quantitative estimate of drug-likeness (QED) is 0.154. The number of carbonyl (C=O) groups excluding carboxylic acids is 2. The van der Waals surface area contributed by atoms with Gasteiger partial charge in [0.2, 0.25) is 0 Å². The van der Waals surface area contributed by atoms with Crippen LogP contribution in [0.2, 0.25) is 0 Å². The number of rotatable bonds is 7. The molecule has 0 N–H and O–H groups in total. The smallest absolute Gasteiger partial charge is 0.409 e. The molecule has 8 heteroatoms. The van der Waals surface area contributed by atoms with Crippen molar-refractivity contribution in [2.24, 2.45) is 11.8 Å². The van der Waals surface area contributed by atoms with Crippen molar-refractivity contribution in [2.75, 3.05) is 32.8 Å². The number of unbranched alkanes of at least 4 members (excludes halogenated alkanes) is 2. The lowest BCUT2D eigenvalue weighted by atomic mass is 9.90. The minimum Gasteiger partial charge on any atom is -0.457 e. The van der Waals surface area contributed by atoms with Crippen LogP contribution in [0.5, 0.6) is 0 Å². The monoisotopic (exact) mass is 668 g/mol. The molecule has 7 atom stereocenters. The summed E-state index contributed by atoms with van der Waals surface area (Å²) < 4.78 is 24.8. The highest BCUT2D eigenvalue weighted by Gasteiger charge is 2.33. The molecule has 5 rings (SSSR count). The Kier molecular flexibility index (Phi) is 14.9. The van der Waals surface area contributed by atoms with Crippen LogP contribution >= 0.6 is 0 Å². The SMILES string of the molecule is CC=C1CC2CC(=O)OC(C=CCCCCOC(=O)N3CCC(N4CCCCC4)CC3)C(C)C=CC(C)CC3CCCC(CC(C1)O2)O3. The first-order chi connectivity index (χ1) is 23.4. The summed E-state index contributed by atoms with van der Waals surface area (Å²) in [6, 6.07) is 0.624. The van der Waals surface area contributed by atoms with Gasteiger partial charge in [-0.2, -0.15) is 0 Å². The molecule has 4 saturated heterocycles. The van der Waals surface area contributed by atoms with E-state index in [0.29, 0.717) is 18.6 Å². The van der Waals surface area contributed by atoms with Gasteiger partial charge >= 0.3 is 12.1 Å². The van der Waals surface area contributed by atoms with Gasteiger partial charge in [0.25, 0.3) is 0 Å². The number of piperidine rings is 2. The first kappa shape index (κ1) is 37.1. The van der Waals surface area contributed by atoms with Crippen molar-refractivity contribution >= 4 is 12.1 Å². The van der Waals surface area contributed by atoms with Crippen molar-refractivity contribution in [3.05, 3.63) is 36.0 Å². The number of carbonyl (C=O) groups is 2.